The minimum absolute atomic E-state index is 0.786. The highest BCUT2D eigenvalue weighted by Crippen LogP contribution is 2.19. The maximum Gasteiger partial charge on any atom is 0.0841 e. The highest BCUT2D eigenvalue weighted by molar-refractivity contribution is 5.81. The van der Waals surface area contributed by atoms with Crippen molar-refractivity contribution in [1.82, 2.24) is 15.1 Å². The zero-order valence-corrected chi connectivity index (χ0v) is 11.2. The summed E-state index contributed by atoms with van der Waals surface area (Å²) in [5.74, 6) is 0. The summed E-state index contributed by atoms with van der Waals surface area (Å²) >= 11 is 0. The molecule has 96 valence electrons. The third-order valence-corrected chi connectivity index (χ3v) is 2.87. The van der Waals surface area contributed by atoms with Crippen molar-refractivity contribution >= 4 is 10.9 Å². The Morgan fingerprint density at radius 3 is 2.89 bits per heavy atom. The highest BCUT2D eigenvalue weighted by Gasteiger charge is 2.09. The first kappa shape index (κ1) is 12.8. The standard InChI is InChI=1S/C15H21N3/c1-4-9-16-10-14-13-7-5-6-8-15(13)18(17-14)11-12(2)3/h5-8,16H,2,4,9-11H2,1,3H3. The lowest BCUT2D eigenvalue weighted by molar-refractivity contribution is 0.634. The lowest BCUT2D eigenvalue weighted by Crippen LogP contribution is -2.14. The summed E-state index contributed by atoms with van der Waals surface area (Å²) < 4.78 is 2.04. The molecule has 1 aromatic heterocycles. The molecule has 2 aromatic rings. The Balaban J connectivity index is 2.31. The first-order valence-electron chi connectivity index (χ1n) is 6.52. The van der Waals surface area contributed by atoms with E-state index in [0.717, 1.165) is 37.3 Å². The van der Waals surface area contributed by atoms with Gasteiger partial charge in [-0.05, 0) is 26.0 Å². The van der Waals surface area contributed by atoms with Crippen LogP contribution in [0.25, 0.3) is 10.9 Å². The van der Waals surface area contributed by atoms with E-state index in [2.05, 4.69) is 43.1 Å². The molecule has 1 heterocycles. The minimum atomic E-state index is 0.786. The molecule has 0 saturated carbocycles. The summed E-state index contributed by atoms with van der Waals surface area (Å²) in [6.07, 6.45) is 1.14. The molecule has 0 aliphatic rings. The van der Waals surface area contributed by atoms with Crippen molar-refractivity contribution in [3.63, 3.8) is 0 Å². The fraction of sp³-hybridized carbons (Fsp3) is 0.400. The number of nitrogens with zero attached hydrogens (tertiary/aromatic N) is 2. The molecule has 0 saturated heterocycles. The number of rotatable bonds is 6. The van der Waals surface area contributed by atoms with E-state index < -0.39 is 0 Å². The number of benzene rings is 1. The van der Waals surface area contributed by atoms with E-state index in [0.29, 0.717) is 0 Å². The number of allylic oxidation sites excluding steroid dienone is 1. The maximum absolute atomic E-state index is 4.69. The molecule has 0 spiro atoms. The smallest absolute Gasteiger partial charge is 0.0841 e. The average Bonchev–Trinajstić information content (AvgIpc) is 2.68. The molecule has 1 aromatic carbocycles. The van der Waals surface area contributed by atoms with Crippen LogP contribution in [0.2, 0.25) is 0 Å². The van der Waals surface area contributed by atoms with Crippen molar-refractivity contribution < 1.29 is 0 Å². The Bertz CT molecular complexity index is 540. The van der Waals surface area contributed by atoms with Gasteiger partial charge in [0.05, 0.1) is 17.8 Å². The Morgan fingerprint density at radius 1 is 1.39 bits per heavy atom. The summed E-state index contributed by atoms with van der Waals surface area (Å²) in [7, 11) is 0. The summed E-state index contributed by atoms with van der Waals surface area (Å²) in [5.41, 5.74) is 3.44. The van der Waals surface area contributed by atoms with Gasteiger partial charge in [0.2, 0.25) is 0 Å². The number of hydrogen-bond acceptors (Lipinski definition) is 2. The summed E-state index contributed by atoms with van der Waals surface area (Å²) in [6.45, 7) is 10.8. The van der Waals surface area contributed by atoms with Crippen molar-refractivity contribution in [2.45, 2.75) is 33.4 Å². The molecule has 0 aliphatic heterocycles. The van der Waals surface area contributed by atoms with Gasteiger partial charge in [0.25, 0.3) is 0 Å². The summed E-state index contributed by atoms with van der Waals surface area (Å²) in [5, 5.41) is 9.34. The fourth-order valence-electron chi connectivity index (χ4n) is 2.09. The van der Waals surface area contributed by atoms with E-state index in [1.54, 1.807) is 0 Å². The second kappa shape index (κ2) is 5.83. The second-order valence-electron chi connectivity index (χ2n) is 4.76. The van der Waals surface area contributed by atoms with Crippen LogP contribution in [0.15, 0.2) is 36.4 Å². The van der Waals surface area contributed by atoms with Gasteiger partial charge in [-0.3, -0.25) is 4.68 Å². The molecule has 0 unspecified atom stereocenters. The molecule has 0 bridgehead atoms. The molecular weight excluding hydrogens is 222 g/mol. The summed E-state index contributed by atoms with van der Waals surface area (Å²) in [4.78, 5) is 0. The van der Waals surface area contributed by atoms with Gasteiger partial charge >= 0.3 is 0 Å². The van der Waals surface area contributed by atoms with Gasteiger partial charge in [0.15, 0.2) is 0 Å². The lowest BCUT2D eigenvalue weighted by atomic mass is 10.2. The van der Waals surface area contributed by atoms with Crippen LogP contribution in [-0.2, 0) is 13.1 Å². The third-order valence-electron chi connectivity index (χ3n) is 2.87. The molecule has 0 radical (unpaired) electrons. The van der Waals surface area contributed by atoms with Gasteiger partial charge in [-0.1, -0.05) is 37.3 Å². The summed E-state index contributed by atoms with van der Waals surface area (Å²) in [6, 6.07) is 8.38. The fourth-order valence-corrected chi connectivity index (χ4v) is 2.09. The van der Waals surface area contributed by atoms with Crippen LogP contribution in [0.4, 0.5) is 0 Å². The van der Waals surface area contributed by atoms with Gasteiger partial charge in [0.1, 0.15) is 0 Å². The molecule has 1 N–H and O–H groups in total. The van der Waals surface area contributed by atoms with Crippen LogP contribution in [-0.4, -0.2) is 16.3 Å². The number of aromatic nitrogens is 2. The van der Waals surface area contributed by atoms with Crippen LogP contribution in [0.5, 0.6) is 0 Å². The molecule has 3 nitrogen and oxygen atoms in total. The lowest BCUT2D eigenvalue weighted by Gasteiger charge is -2.01. The monoisotopic (exact) mass is 243 g/mol. The van der Waals surface area contributed by atoms with Gasteiger partial charge < -0.3 is 5.32 Å². The maximum atomic E-state index is 4.69. The first-order chi connectivity index (χ1) is 8.72. The number of nitrogens with one attached hydrogen (secondary N) is 1. The van der Waals surface area contributed by atoms with Crippen molar-refractivity contribution in [3.8, 4) is 0 Å². The van der Waals surface area contributed by atoms with E-state index in [4.69, 9.17) is 5.10 Å². The SMILES string of the molecule is C=C(C)Cn1nc(CNCCC)c2ccccc21. The number of para-hydroxylation sites is 1. The first-order valence-corrected chi connectivity index (χ1v) is 6.52. The van der Waals surface area contributed by atoms with Gasteiger partial charge in [0, 0.05) is 11.9 Å². The van der Waals surface area contributed by atoms with Crippen LogP contribution >= 0.6 is 0 Å². The quantitative estimate of drug-likeness (QED) is 0.624. The number of fused-ring (bicyclic) bond motifs is 1. The van der Waals surface area contributed by atoms with Gasteiger partial charge in [-0.25, -0.2) is 0 Å². The molecule has 0 aliphatic carbocycles. The predicted octanol–water partition coefficient (Wildman–Crippen LogP) is 3.11. The zero-order valence-electron chi connectivity index (χ0n) is 11.2. The predicted molar refractivity (Wildman–Crippen MR) is 76.5 cm³/mol. The molecule has 0 amide bonds. The van der Waals surface area contributed by atoms with Crippen molar-refractivity contribution in [2.75, 3.05) is 6.54 Å². The molecule has 0 atom stereocenters. The molecule has 18 heavy (non-hydrogen) atoms. The Hall–Kier alpha value is -1.61. The largest absolute Gasteiger partial charge is 0.311 e. The van der Waals surface area contributed by atoms with Crippen LogP contribution < -0.4 is 5.32 Å². The average molecular weight is 243 g/mol. The molecular formula is C15H21N3. The van der Waals surface area contributed by atoms with E-state index in [9.17, 15) is 0 Å². The van der Waals surface area contributed by atoms with E-state index in [-0.39, 0.29) is 0 Å². The zero-order chi connectivity index (χ0) is 13.0. The Morgan fingerprint density at radius 2 is 2.17 bits per heavy atom. The van der Waals surface area contributed by atoms with Crippen LogP contribution in [0.1, 0.15) is 26.0 Å². The Labute approximate surface area is 109 Å². The third kappa shape index (κ3) is 2.79. The Kier molecular flexibility index (Phi) is 4.15. The van der Waals surface area contributed by atoms with E-state index in [1.807, 2.05) is 11.6 Å². The van der Waals surface area contributed by atoms with Crippen LogP contribution in [0, 0.1) is 0 Å². The highest BCUT2D eigenvalue weighted by atomic mass is 15.3. The van der Waals surface area contributed by atoms with Gasteiger partial charge in [-0.2, -0.15) is 5.10 Å². The minimum Gasteiger partial charge on any atom is -0.311 e. The number of hydrogen-bond donors (Lipinski definition) is 1. The normalized spacial score (nSPS) is 11.0. The van der Waals surface area contributed by atoms with Gasteiger partial charge in [-0.15, -0.1) is 0 Å². The molecule has 3 heteroatoms. The van der Waals surface area contributed by atoms with Crippen molar-refractivity contribution in [3.05, 3.63) is 42.1 Å². The second-order valence-corrected chi connectivity index (χ2v) is 4.76. The van der Waals surface area contributed by atoms with Crippen LogP contribution in [0.3, 0.4) is 0 Å². The van der Waals surface area contributed by atoms with E-state index >= 15 is 0 Å². The van der Waals surface area contributed by atoms with Crippen molar-refractivity contribution in [2.24, 2.45) is 0 Å². The topological polar surface area (TPSA) is 29.9 Å². The molecule has 0 fully saturated rings. The van der Waals surface area contributed by atoms with E-state index in [1.165, 1.54) is 10.9 Å². The van der Waals surface area contributed by atoms with Crippen molar-refractivity contribution in [1.29, 1.82) is 0 Å². The molecule has 2 rings (SSSR count).